The van der Waals surface area contributed by atoms with E-state index < -0.39 is 0 Å². The monoisotopic (exact) mass is 1370 g/mol. The summed E-state index contributed by atoms with van der Waals surface area (Å²) < 4.78 is 16.5. The molecule has 522 valence electrons. The van der Waals surface area contributed by atoms with Crippen LogP contribution in [-0.2, 0) is 11.3 Å². The lowest BCUT2D eigenvalue weighted by Gasteiger charge is -2.41. The van der Waals surface area contributed by atoms with Gasteiger partial charge in [0, 0.05) is 198 Å². The van der Waals surface area contributed by atoms with Gasteiger partial charge in [-0.2, -0.15) is 0 Å². The quantitative estimate of drug-likeness (QED) is 0.0509. The number of carbonyl (C=O) groups is 2. The Morgan fingerprint density at radius 1 is 0.559 bits per heavy atom. The number of methoxy groups -OCH3 is 2. The predicted octanol–water partition coefficient (Wildman–Crippen LogP) is 13.3. The summed E-state index contributed by atoms with van der Waals surface area (Å²) in [7, 11) is 5.02. The Morgan fingerprint density at radius 2 is 1.08 bits per heavy atom. The molecule has 4 aromatic carbocycles. The Balaban J connectivity index is 0.000000130. The van der Waals surface area contributed by atoms with E-state index in [-0.39, 0.29) is 17.4 Å². The summed E-state index contributed by atoms with van der Waals surface area (Å²) in [5, 5.41) is 13.3. The molecule has 22 heteroatoms. The molecule has 0 spiro atoms. The highest BCUT2D eigenvalue weighted by Crippen LogP contribution is 2.34. The maximum absolute atomic E-state index is 12.5. The number of likely N-dealkylation sites (N-methyl/N-ethyl adjacent to an activating group) is 1. The summed E-state index contributed by atoms with van der Waals surface area (Å²) in [5.74, 6) is 0.525. The van der Waals surface area contributed by atoms with Crippen molar-refractivity contribution in [2.24, 2.45) is 0 Å². The molecule has 2 amide bonds. The van der Waals surface area contributed by atoms with Gasteiger partial charge in [0.25, 0.3) is 11.8 Å². The van der Waals surface area contributed by atoms with E-state index in [0.29, 0.717) is 31.1 Å². The van der Waals surface area contributed by atoms with Gasteiger partial charge < -0.3 is 50.4 Å². The summed E-state index contributed by atoms with van der Waals surface area (Å²) in [4.78, 5) is 68.6. The van der Waals surface area contributed by atoms with E-state index in [2.05, 4.69) is 144 Å². The number of hydrogen-bond acceptors (Lipinski definition) is 16. The number of amides is 2. The van der Waals surface area contributed by atoms with Crippen LogP contribution in [0.3, 0.4) is 0 Å². The van der Waals surface area contributed by atoms with Crippen molar-refractivity contribution < 1.29 is 19.1 Å². The molecular weight excluding hydrogens is 1280 g/mol. The molecule has 3 fully saturated rings. The second-order valence-corrected chi connectivity index (χ2v) is 26.3. The molecule has 0 unspecified atom stereocenters. The van der Waals surface area contributed by atoms with E-state index in [1.54, 1.807) is 57.0 Å². The van der Waals surface area contributed by atoms with Gasteiger partial charge in [0.05, 0.1) is 47.9 Å². The van der Waals surface area contributed by atoms with Gasteiger partial charge in [-0.3, -0.25) is 37.4 Å². The van der Waals surface area contributed by atoms with Crippen molar-refractivity contribution >= 4 is 74.3 Å². The standard InChI is InChI=1S/C29H34N6O.C26H25N5O3.C25H28N6O/c1-36-28-21-22(13-14-30-28)27-12-11-26(29-31-15-16-35(27)29)32-23-7-9-25(10-8-23)34-19-17-33(18-20-34)24-5-3-2-4-6-24;1-30(13-14-34-2)26(33)17-3-6-20(7-4-17)29-22-9-10-23(31-12-11-27-24(22)31)18-5-8-21-19(15-18)16-28-25(21)32;1-2-12-29-14-16-30(17-15-29)21-5-3-20(4-6-21)28-22-7-8-23(31-13-11-27-25(22)31)19-9-10-26-24(32)18-19/h7-16,21,24,32H,2-6,17-20H2,1H3;3-12,15,29H,13-14,16H2,1-2H3,(H,28,32);3-11,13,18,28H,2,12,14-17H2,1H3,(H,26,32). The van der Waals surface area contributed by atoms with E-state index in [0.717, 1.165) is 141 Å². The molecule has 22 nitrogen and oxygen atoms in total. The van der Waals surface area contributed by atoms with Gasteiger partial charge in [-0.25, -0.2) is 19.9 Å². The lowest BCUT2D eigenvalue weighted by atomic mass is 9.94. The molecule has 0 atom stereocenters. The fourth-order valence-corrected chi connectivity index (χ4v) is 14.3. The van der Waals surface area contributed by atoms with Gasteiger partial charge >= 0.3 is 0 Å². The minimum atomic E-state index is -0.121. The zero-order valence-electron chi connectivity index (χ0n) is 58.3. The Labute approximate surface area is 593 Å². The number of hydrogen-bond donors (Lipinski definition) is 5. The first-order valence-electron chi connectivity index (χ1n) is 35.4. The van der Waals surface area contributed by atoms with E-state index in [4.69, 9.17) is 9.47 Å². The van der Waals surface area contributed by atoms with Crippen LogP contribution in [0.5, 0.6) is 5.88 Å². The van der Waals surface area contributed by atoms with E-state index >= 15 is 0 Å². The average Bonchev–Trinajstić information content (AvgIpc) is 1.59. The minimum Gasteiger partial charge on any atom is -0.481 e. The molecule has 0 bridgehead atoms. The summed E-state index contributed by atoms with van der Waals surface area (Å²) in [6, 6.07) is 51.2. The second kappa shape index (κ2) is 31.5. The number of carbonyl (C=O) groups excluding carboxylic acids is 2. The van der Waals surface area contributed by atoms with E-state index in [1.807, 2.05) is 112 Å². The van der Waals surface area contributed by atoms with Gasteiger partial charge in [-0.1, -0.05) is 32.3 Å². The number of nitrogens with one attached hydrogen (secondary N) is 5. The number of imidazole rings is 3. The first-order chi connectivity index (χ1) is 50.0. The normalized spacial score (nSPS) is 14.9. The number of rotatable bonds is 19. The number of aromatic amines is 1. The molecular formula is C80H87N17O5. The summed E-state index contributed by atoms with van der Waals surface area (Å²) in [6.45, 7) is 14.0. The summed E-state index contributed by atoms with van der Waals surface area (Å²) in [6.07, 6.45) is 22.9. The third-order valence-corrected chi connectivity index (χ3v) is 19.8. The van der Waals surface area contributed by atoms with E-state index in [9.17, 15) is 14.4 Å². The van der Waals surface area contributed by atoms with Gasteiger partial charge in [-0.05, 0) is 170 Å². The van der Waals surface area contributed by atoms with Crippen molar-refractivity contribution in [2.75, 3.05) is 119 Å². The number of benzene rings is 4. The van der Waals surface area contributed by atoms with Crippen LogP contribution in [0, 0.1) is 0 Å². The highest BCUT2D eigenvalue weighted by molar-refractivity contribution is 5.99. The molecule has 11 heterocycles. The molecule has 4 aliphatic rings. The van der Waals surface area contributed by atoms with Crippen molar-refractivity contribution in [1.82, 2.24) is 58.1 Å². The number of ether oxygens (including phenoxy) is 2. The van der Waals surface area contributed by atoms with Crippen LogP contribution < -0.4 is 41.4 Å². The van der Waals surface area contributed by atoms with Gasteiger partial charge in [0.2, 0.25) is 11.4 Å². The Bertz CT molecular complexity index is 4910. The first kappa shape index (κ1) is 67.8. The zero-order chi connectivity index (χ0) is 69.9. The van der Waals surface area contributed by atoms with Gasteiger partial charge in [0.15, 0.2) is 16.9 Å². The fourth-order valence-electron chi connectivity index (χ4n) is 14.3. The molecule has 1 aliphatic carbocycles. The number of pyridine rings is 5. The molecule has 8 aromatic heterocycles. The maximum atomic E-state index is 12.5. The largest absolute Gasteiger partial charge is 0.481 e. The number of nitrogens with zero attached hydrogens (tertiary/aromatic N) is 12. The molecule has 0 radical (unpaired) electrons. The predicted molar refractivity (Wildman–Crippen MR) is 406 cm³/mol. The number of H-pyrrole nitrogens is 1. The van der Waals surface area contributed by atoms with Crippen LogP contribution in [0.4, 0.5) is 45.5 Å². The lowest BCUT2D eigenvalue weighted by Crippen LogP contribution is -2.50. The Morgan fingerprint density at radius 3 is 1.60 bits per heavy atom. The van der Waals surface area contributed by atoms with Crippen LogP contribution >= 0.6 is 0 Å². The Hall–Kier alpha value is -11.3. The number of piperazine rings is 2. The number of anilines is 8. The smallest absolute Gasteiger partial charge is 0.253 e. The third kappa shape index (κ3) is 15.4. The molecule has 1 saturated carbocycles. The highest BCUT2D eigenvalue weighted by Gasteiger charge is 2.26. The highest BCUT2D eigenvalue weighted by atomic mass is 16.5. The molecule has 12 aromatic rings. The maximum Gasteiger partial charge on any atom is 0.253 e. The minimum absolute atomic E-state index is 0.0248. The molecule has 102 heavy (non-hydrogen) atoms. The lowest BCUT2D eigenvalue weighted by molar-refractivity contribution is 0.0744. The van der Waals surface area contributed by atoms with Crippen molar-refractivity contribution in [3.8, 4) is 39.7 Å². The molecule has 3 aliphatic heterocycles. The van der Waals surface area contributed by atoms with Crippen LogP contribution in [0.25, 0.3) is 50.7 Å². The van der Waals surface area contributed by atoms with Crippen LogP contribution in [-0.4, -0.2) is 164 Å². The molecule has 16 rings (SSSR count). The second-order valence-electron chi connectivity index (χ2n) is 26.3. The van der Waals surface area contributed by atoms with Crippen LogP contribution in [0.2, 0.25) is 0 Å². The number of aromatic nitrogens is 8. The van der Waals surface area contributed by atoms with Crippen molar-refractivity contribution in [1.29, 1.82) is 0 Å². The topological polar surface area (TPSA) is 215 Å². The van der Waals surface area contributed by atoms with Crippen molar-refractivity contribution in [3.05, 3.63) is 228 Å². The average molecular weight is 1370 g/mol. The molecule has 2 saturated heterocycles. The third-order valence-electron chi connectivity index (χ3n) is 19.8. The van der Waals surface area contributed by atoms with Gasteiger partial charge in [-0.15, -0.1) is 0 Å². The molecule has 5 N–H and O–H groups in total. The van der Waals surface area contributed by atoms with Crippen molar-refractivity contribution in [2.45, 2.75) is 58.0 Å². The summed E-state index contributed by atoms with van der Waals surface area (Å²) in [5.41, 5.74) is 18.8. The fraction of sp³-hybridized carbons (Fsp3) is 0.287. The van der Waals surface area contributed by atoms with Crippen LogP contribution in [0.15, 0.2) is 206 Å². The SMILES string of the molecule is CCCN1CCN(c2ccc(Nc3ccc(-c4cc[nH]c(=O)c4)n4ccnc34)cc2)CC1.COCCN(C)C(=O)c1ccc(Nc2ccc(-c3ccc4c(c3)CNC4=O)n3ccnc23)cc1.COc1cc(-c2ccc(Nc3ccc(N4CCN(C5CCCCC5)CC4)cc3)c3nccn23)ccn1. The first-order valence-corrected chi connectivity index (χ1v) is 35.4. The summed E-state index contributed by atoms with van der Waals surface area (Å²) >= 11 is 0. The zero-order valence-corrected chi connectivity index (χ0v) is 58.3. The van der Waals surface area contributed by atoms with Crippen molar-refractivity contribution in [3.63, 3.8) is 0 Å². The number of fused-ring (bicyclic) bond motifs is 4. The van der Waals surface area contributed by atoms with Gasteiger partial charge in [0.1, 0.15) is 0 Å². The van der Waals surface area contributed by atoms with Crippen LogP contribution in [0.1, 0.15) is 71.7 Å². The van der Waals surface area contributed by atoms with E-state index in [1.165, 1.54) is 69.5 Å². The Kier molecular flexibility index (Phi) is 20.9.